The van der Waals surface area contributed by atoms with Crippen molar-refractivity contribution in [3.63, 3.8) is 0 Å². The van der Waals surface area contributed by atoms with Gasteiger partial charge >= 0.3 is 0 Å². The minimum absolute atomic E-state index is 0.363. The second-order valence-corrected chi connectivity index (χ2v) is 6.11. The molecule has 5 nitrogen and oxygen atoms in total. The summed E-state index contributed by atoms with van der Waals surface area (Å²) in [5.41, 5.74) is 3.40. The molecular weight excluding hydrogens is 385 g/mol. The topological polar surface area (TPSA) is 67.5 Å². The number of hydrogen-bond donors (Lipinski definition) is 1. The van der Waals surface area contributed by atoms with Crippen LogP contribution in [0.15, 0.2) is 58.3 Å². The molecule has 2 aromatic heterocycles. The van der Waals surface area contributed by atoms with Gasteiger partial charge in [0.25, 0.3) is 5.91 Å². The van der Waals surface area contributed by atoms with Crippen LogP contribution in [-0.2, 0) is 0 Å². The minimum atomic E-state index is -0.372. The number of carbonyl (C=O) groups is 1. The molecular formula is C17H10Cl3N3O2. The van der Waals surface area contributed by atoms with Gasteiger partial charge in [0.2, 0.25) is 0 Å². The summed E-state index contributed by atoms with van der Waals surface area (Å²) in [5.74, 6) is 0.566. The molecule has 1 aromatic carbocycles. The van der Waals surface area contributed by atoms with Crippen molar-refractivity contribution in [1.29, 1.82) is 0 Å². The smallest absolute Gasteiger partial charge is 0.272 e. The van der Waals surface area contributed by atoms with E-state index in [1.165, 1.54) is 12.4 Å². The number of furan rings is 1. The average molecular weight is 395 g/mol. The molecule has 0 aliphatic rings. The number of hydrazone groups is 1. The van der Waals surface area contributed by atoms with Gasteiger partial charge in [0, 0.05) is 18.0 Å². The van der Waals surface area contributed by atoms with Crippen LogP contribution in [0.4, 0.5) is 0 Å². The van der Waals surface area contributed by atoms with Gasteiger partial charge in [0.1, 0.15) is 11.5 Å². The second kappa shape index (κ2) is 7.70. The summed E-state index contributed by atoms with van der Waals surface area (Å²) < 4.78 is 5.63. The largest absolute Gasteiger partial charge is 0.455 e. The molecule has 0 atom stereocenters. The standard InChI is InChI=1S/C17H10Cl3N3O2/c18-13-7-15(20)14(19)6-12(13)16-4-3-11(25-16)9-22-23-17(24)10-2-1-5-21-8-10/h1-9H,(H,23,24). The minimum Gasteiger partial charge on any atom is -0.455 e. The van der Waals surface area contributed by atoms with Gasteiger partial charge in [-0.2, -0.15) is 5.10 Å². The van der Waals surface area contributed by atoms with Crippen LogP contribution in [0.2, 0.25) is 15.1 Å². The van der Waals surface area contributed by atoms with Gasteiger partial charge < -0.3 is 4.42 Å². The van der Waals surface area contributed by atoms with Gasteiger partial charge in [0.15, 0.2) is 0 Å². The van der Waals surface area contributed by atoms with Gasteiger partial charge in [-0.3, -0.25) is 9.78 Å². The fraction of sp³-hybridized carbons (Fsp3) is 0. The molecule has 0 saturated heterocycles. The number of pyridine rings is 1. The van der Waals surface area contributed by atoms with Gasteiger partial charge in [-0.15, -0.1) is 0 Å². The highest BCUT2D eigenvalue weighted by Gasteiger charge is 2.11. The van der Waals surface area contributed by atoms with E-state index in [9.17, 15) is 4.79 Å². The molecule has 0 bridgehead atoms. The molecule has 0 unspecified atom stereocenters. The van der Waals surface area contributed by atoms with Gasteiger partial charge in [0.05, 0.1) is 26.8 Å². The van der Waals surface area contributed by atoms with Crippen molar-refractivity contribution in [3.8, 4) is 11.3 Å². The zero-order chi connectivity index (χ0) is 17.8. The Morgan fingerprint density at radius 1 is 1.12 bits per heavy atom. The summed E-state index contributed by atoms with van der Waals surface area (Å²) in [5, 5.41) is 5.00. The molecule has 3 rings (SSSR count). The van der Waals surface area contributed by atoms with Crippen molar-refractivity contribution < 1.29 is 9.21 Å². The van der Waals surface area contributed by atoms with E-state index in [0.29, 0.717) is 37.7 Å². The Kier molecular flexibility index (Phi) is 5.38. The third-order valence-corrected chi connectivity index (χ3v) is 4.22. The molecule has 0 saturated carbocycles. The van der Waals surface area contributed by atoms with Crippen molar-refractivity contribution in [1.82, 2.24) is 10.4 Å². The van der Waals surface area contributed by atoms with E-state index in [1.807, 2.05) is 0 Å². The van der Waals surface area contributed by atoms with Gasteiger partial charge in [-0.05, 0) is 36.4 Å². The number of amides is 1. The number of nitrogens with one attached hydrogen (secondary N) is 1. The van der Waals surface area contributed by atoms with Crippen molar-refractivity contribution in [2.24, 2.45) is 5.10 Å². The van der Waals surface area contributed by atoms with E-state index >= 15 is 0 Å². The van der Waals surface area contributed by atoms with Gasteiger partial charge in [-0.1, -0.05) is 34.8 Å². The molecule has 8 heteroatoms. The Balaban J connectivity index is 1.72. The lowest BCUT2D eigenvalue weighted by Crippen LogP contribution is -2.17. The van der Waals surface area contributed by atoms with Crippen molar-refractivity contribution in [3.05, 3.63) is 75.2 Å². The monoisotopic (exact) mass is 393 g/mol. The van der Waals surface area contributed by atoms with Gasteiger partial charge in [-0.25, -0.2) is 5.43 Å². The van der Waals surface area contributed by atoms with Crippen molar-refractivity contribution in [2.45, 2.75) is 0 Å². The van der Waals surface area contributed by atoms with Crippen LogP contribution in [0.3, 0.4) is 0 Å². The predicted octanol–water partition coefficient (Wildman–Crippen LogP) is 5.07. The summed E-state index contributed by atoms with van der Waals surface area (Å²) >= 11 is 18.1. The lowest BCUT2D eigenvalue weighted by molar-refractivity contribution is 0.0955. The normalized spacial score (nSPS) is 11.0. The maximum absolute atomic E-state index is 11.8. The zero-order valence-electron chi connectivity index (χ0n) is 12.5. The molecule has 0 radical (unpaired) electrons. The second-order valence-electron chi connectivity index (χ2n) is 4.89. The molecule has 0 aliphatic carbocycles. The number of aromatic nitrogens is 1. The Bertz CT molecular complexity index is 940. The number of halogens is 3. The molecule has 2 heterocycles. The highest BCUT2D eigenvalue weighted by atomic mass is 35.5. The van der Waals surface area contributed by atoms with E-state index < -0.39 is 0 Å². The Morgan fingerprint density at radius 3 is 2.68 bits per heavy atom. The van der Waals surface area contributed by atoms with E-state index in [4.69, 9.17) is 39.2 Å². The summed E-state index contributed by atoms with van der Waals surface area (Å²) in [4.78, 5) is 15.7. The lowest BCUT2D eigenvalue weighted by Gasteiger charge is -2.03. The third kappa shape index (κ3) is 4.20. The maximum atomic E-state index is 11.8. The molecule has 126 valence electrons. The van der Waals surface area contributed by atoms with Crippen LogP contribution in [0.25, 0.3) is 11.3 Å². The zero-order valence-corrected chi connectivity index (χ0v) is 14.8. The highest BCUT2D eigenvalue weighted by Crippen LogP contribution is 2.35. The fourth-order valence-electron chi connectivity index (χ4n) is 1.99. The first-order chi connectivity index (χ1) is 12.0. The van der Waals surface area contributed by atoms with Crippen molar-refractivity contribution >= 4 is 46.9 Å². The summed E-state index contributed by atoms with van der Waals surface area (Å²) in [6.45, 7) is 0. The third-order valence-electron chi connectivity index (χ3n) is 3.18. The van der Waals surface area contributed by atoms with E-state index in [-0.39, 0.29) is 5.91 Å². The summed E-state index contributed by atoms with van der Waals surface area (Å²) in [7, 11) is 0. The molecule has 1 N–H and O–H groups in total. The van der Waals surface area contributed by atoms with Crippen LogP contribution in [0.5, 0.6) is 0 Å². The van der Waals surface area contributed by atoms with Crippen molar-refractivity contribution in [2.75, 3.05) is 0 Å². The molecule has 1 amide bonds. The molecule has 0 aliphatic heterocycles. The Labute approximate surface area is 158 Å². The Hall–Kier alpha value is -2.34. The number of rotatable bonds is 4. The fourth-order valence-corrected chi connectivity index (χ4v) is 2.63. The number of carbonyl (C=O) groups excluding carboxylic acids is 1. The number of hydrogen-bond acceptors (Lipinski definition) is 4. The van der Waals surface area contributed by atoms with E-state index in [1.54, 1.807) is 42.6 Å². The van der Waals surface area contributed by atoms with Crippen LogP contribution >= 0.6 is 34.8 Å². The molecule has 0 spiro atoms. The molecule has 3 aromatic rings. The average Bonchev–Trinajstić information content (AvgIpc) is 3.07. The van der Waals surface area contributed by atoms with Crippen LogP contribution in [0.1, 0.15) is 16.1 Å². The summed E-state index contributed by atoms with van der Waals surface area (Å²) in [6, 6.07) is 9.87. The lowest BCUT2D eigenvalue weighted by atomic mass is 10.2. The first kappa shape index (κ1) is 17.5. The highest BCUT2D eigenvalue weighted by molar-refractivity contribution is 6.44. The quantitative estimate of drug-likeness (QED) is 0.382. The number of benzene rings is 1. The molecule has 0 fully saturated rings. The van der Waals surface area contributed by atoms with E-state index in [0.717, 1.165) is 0 Å². The number of nitrogens with zero attached hydrogens (tertiary/aromatic N) is 2. The maximum Gasteiger partial charge on any atom is 0.272 e. The first-order valence-electron chi connectivity index (χ1n) is 7.03. The SMILES string of the molecule is O=C(NN=Cc1ccc(-c2cc(Cl)c(Cl)cc2Cl)o1)c1cccnc1. The summed E-state index contributed by atoms with van der Waals surface area (Å²) in [6.07, 6.45) is 4.41. The van der Waals surface area contributed by atoms with Crippen LogP contribution < -0.4 is 5.43 Å². The molecule has 25 heavy (non-hydrogen) atoms. The van der Waals surface area contributed by atoms with E-state index in [2.05, 4.69) is 15.5 Å². The van der Waals surface area contributed by atoms with Crippen LogP contribution in [0, 0.1) is 0 Å². The van der Waals surface area contributed by atoms with Crippen LogP contribution in [-0.4, -0.2) is 17.1 Å². The first-order valence-corrected chi connectivity index (χ1v) is 8.16. The predicted molar refractivity (Wildman–Crippen MR) is 98.5 cm³/mol. The Morgan fingerprint density at radius 2 is 1.92 bits per heavy atom.